The first-order valence-electron chi connectivity index (χ1n) is 5.52. The number of ether oxygens (including phenoxy) is 2. The molecule has 0 fully saturated rings. The van der Waals surface area contributed by atoms with Gasteiger partial charge in [-0.1, -0.05) is 0 Å². The van der Waals surface area contributed by atoms with Crippen molar-refractivity contribution < 1.29 is 14.3 Å². The molecule has 94 valence electrons. The number of hydrogen-bond donors (Lipinski definition) is 1. The lowest BCUT2D eigenvalue weighted by Gasteiger charge is -2.26. The number of rotatable bonds is 6. The van der Waals surface area contributed by atoms with Crippen LogP contribution in [0.5, 0.6) is 5.75 Å². The van der Waals surface area contributed by atoms with E-state index in [0.29, 0.717) is 12.2 Å². The third kappa shape index (κ3) is 4.44. The van der Waals surface area contributed by atoms with Gasteiger partial charge >= 0.3 is 0 Å². The second kappa shape index (κ2) is 5.68. The predicted molar refractivity (Wildman–Crippen MR) is 66.2 cm³/mol. The molecule has 1 aromatic rings. The highest BCUT2D eigenvalue weighted by atomic mass is 16.5. The Morgan fingerprint density at radius 2 is 1.88 bits per heavy atom. The van der Waals surface area contributed by atoms with Crippen molar-refractivity contribution >= 4 is 5.91 Å². The van der Waals surface area contributed by atoms with Crippen LogP contribution in [0.25, 0.3) is 0 Å². The van der Waals surface area contributed by atoms with Gasteiger partial charge in [-0.05, 0) is 38.1 Å². The van der Waals surface area contributed by atoms with E-state index in [0.717, 1.165) is 12.2 Å². The third-order valence-corrected chi connectivity index (χ3v) is 2.44. The van der Waals surface area contributed by atoms with E-state index < -0.39 is 5.91 Å². The van der Waals surface area contributed by atoms with Crippen LogP contribution in [0, 0.1) is 0 Å². The molecule has 0 aromatic heterocycles. The quantitative estimate of drug-likeness (QED) is 0.823. The highest BCUT2D eigenvalue weighted by Gasteiger charge is 2.19. The highest BCUT2D eigenvalue weighted by Crippen LogP contribution is 2.21. The van der Waals surface area contributed by atoms with Gasteiger partial charge in [-0.3, -0.25) is 4.79 Å². The number of carbonyl (C=O) groups excluding carboxylic acids is 1. The summed E-state index contributed by atoms with van der Waals surface area (Å²) < 4.78 is 10.8. The Morgan fingerprint density at radius 3 is 2.35 bits per heavy atom. The summed E-state index contributed by atoms with van der Waals surface area (Å²) in [7, 11) is 1.66. The first kappa shape index (κ1) is 13.5. The van der Waals surface area contributed by atoms with E-state index in [9.17, 15) is 4.79 Å². The molecule has 0 aliphatic heterocycles. The van der Waals surface area contributed by atoms with E-state index in [2.05, 4.69) is 0 Å². The van der Waals surface area contributed by atoms with E-state index in [1.807, 2.05) is 13.8 Å². The Labute approximate surface area is 102 Å². The fourth-order valence-electron chi connectivity index (χ4n) is 1.41. The van der Waals surface area contributed by atoms with Crippen LogP contribution in [-0.4, -0.2) is 25.2 Å². The Bertz CT molecular complexity index is 371. The number of hydrogen-bond acceptors (Lipinski definition) is 3. The van der Waals surface area contributed by atoms with Crippen molar-refractivity contribution in [1.29, 1.82) is 0 Å². The number of amides is 1. The van der Waals surface area contributed by atoms with E-state index >= 15 is 0 Å². The molecule has 1 amide bonds. The molecule has 1 aromatic carbocycles. The van der Waals surface area contributed by atoms with E-state index in [4.69, 9.17) is 15.2 Å². The number of methoxy groups -OCH3 is 1. The smallest absolute Gasteiger partial charge is 0.248 e. The lowest BCUT2D eigenvalue weighted by molar-refractivity contribution is 0.0630. The van der Waals surface area contributed by atoms with Gasteiger partial charge in [0.15, 0.2) is 0 Å². The lowest BCUT2D eigenvalue weighted by atomic mass is 10.1. The summed E-state index contributed by atoms with van der Waals surface area (Å²) in [5, 5.41) is 0. The van der Waals surface area contributed by atoms with Crippen LogP contribution in [0.15, 0.2) is 24.3 Å². The van der Waals surface area contributed by atoms with Crippen LogP contribution in [0.3, 0.4) is 0 Å². The summed E-state index contributed by atoms with van der Waals surface area (Å²) in [6, 6.07) is 6.80. The average Bonchev–Trinajstić information content (AvgIpc) is 2.26. The molecule has 0 unspecified atom stereocenters. The Morgan fingerprint density at radius 1 is 1.29 bits per heavy atom. The molecule has 0 heterocycles. The molecule has 4 nitrogen and oxygen atoms in total. The van der Waals surface area contributed by atoms with Crippen LogP contribution < -0.4 is 10.5 Å². The number of nitrogens with two attached hydrogens (primary N) is 1. The van der Waals surface area contributed by atoms with Gasteiger partial charge < -0.3 is 15.2 Å². The first-order valence-corrected chi connectivity index (χ1v) is 5.52. The molecule has 17 heavy (non-hydrogen) atoms. The maximum Gasteiger partial charge on any atom is 0.248 e. The first-order chi connectivity index (χ1) is 7.94. The molecule has 0 atom stereocenters. The lowest BCUT2D eigenvalue weighted by Crippen LogP contribution is -2.29. The van der Waals surface area contributed by atoms with Gasteiger partial charge in [0, 0.05) is 25.7 Å². The maximum absolute atomic E-state index is 10.9. The molecule has 2 N–H and O–H groups in total. The second-order valence-corrected chi connectivity index (χ2v) is 4.49. The second-order valence-electron chi connectivity index (χ2n) is 4.49. The number of benzene rings is 1. The van der Waals surface area contributed by atoms with Crippen LogP contribution in [-0.2, 0) is 4.74 Å². The molecule has 1 rings (SSSR count). The zero-order valence-corrected chi connectivity index (χ0v) is 10.5. The predicted octanol–water partition coefficient (Wildman–Crippen LogP) is 1.98. The van der Waals surface area contributed by atoms with E-state index in [-0.39, 0.29) is 5.60 Å². The van der Waals surface area contributed by atoms with Gasteiger partial charge in [0.1, 0.15) is 11.4 Å². The number of carbonyl (C=O) groups is 1. The third-order valence-electron chi connectivity index (χ3n) is 2.44. The molecule has 0 aliphatic rings. The van der Waals surface area contributed by atoms with Crippen molar-refractivity contribution in [3.05, 3.63) is 29.8 Å². The Hall–Kier alpha value is -1.55. The molecule has 0 bridgehead atoms. The molecule has 0 spiro atoms. The highest BCUT2D eigenvalue weighted by molar-refractivity contribution is 5.92. The summed E-state index contributed by atoms with van der Waals surface area (Å²) in [5.74, 6) is 0.284. The average molecular weight is 237 g/mol. The molecule has 0 radical (unpaired) electrons. The minimum Gasteiger partial charge on any atom is -0.488 e. The van der Waals surface area contributed by atoms with Crippen LogP contribution in [0.1, 0.15) is 30.6 Å². The Kier molecular flexibility index (Phi) is 4.52. The summed E-state index contributed by atoms with van der Waals surface area (Å²) >= 11 is 0. The zero-order valence-electron chi connectivity index (χ0n) is 10.5. The van der Waals surface area contributed by atoms with Gasteiger partial charge in [-0.2, -0.15) is 0 Å². The molecule has 0 saturated carbocycles. The standard InChI is InChI=1S/C13H19NO3/c1-13(2,8-9-16-3)17-11-6-4-10(5-7-11)12(14)15/h4-7H,8-9H2,1-3H3,(H2,14,15). The Balaban J connectivity index is 2.65. The van der Waals surface area contributed by atoms with Crippen molar-refractivity contribution in [2.75, 3.05) is 13.7 Å². The van der Waals surface area contributed by atoms with Gasteiger partial charge in [-0.15, -0.1) is 0 Å². The van der Waals surface area contributed by atoms with Crippen LogP contribution in [0.2, 0.25) is 0 Å². The number of primary amides is 1. The maximum atomic E-state index is 10.9. The zero-order chi connectivity index (χ0) is 12.9. The molecule has 0 saturated heterocycles. The minimum absolute atomic E-state index is 0.301. The van der Waals surface area contributed by atoms with Crippen LogP contribution >= 0.6 is 0 Å². The van der Waals surface area contributed by atoms with E-state index in [1.165, 1.54) is 0 Å². The van der Waals surface area contributed by atoms with Gasteiger partial charge in [0.2, 0.25) is 5.91 Å². The van der Waals surface area contributed by atoms with Crippen molar-refractivity contribution in [2.24, 2.45) is 5.73 Å². The summed E-state index contributed by atoms with van der Waals surface area (Å²) in [5.41, 5.74) is 5.34. The van der Waals surface area contributed by atoms with Crippen molar-refractivity contribution in [3.8, 4) is 5.75 Å². The monoisotopic (exact) mass is 237 g/mol. The normalized spacial score (nSPS) is 11.2. The van der Waals surface area contributed by atoms with Gasteiger partial charge in [0.25, 0.3) is 0 Å². The topological polar surface area (TPSA) is 61.6 Å². The van der Waals surface area contributed by atoms with Crippen molar-refractivity contribution in [3.63, 3.8) is 0 Å². The summed E-state index contributed by atoms with van der Waals surface area (Å²) in [4.78, 5) is 10.9. The van der Waals surface area contributed by atoms with Gasteiger partial charge in [0.05, 0.1) is 0 Å². The SMILES string of the molecule is COCCC(C)(C)Oc1ccc(C(N)=O)cc1. The largest absolute Gasteiger partial charge is 0.488 e. The van der Waals surface area contributed by atoms with Crippen LogP contribution in [0.4, 0.5) is 0 Å². The summed E-state index contributed by atoms with van der Waals surface area (Å²) in [6.07, 6.45) is 0.793. The molecular weight excluding hydrogens is 218 g/mol. The van der Waals surface area contributed by atoms with Gasteiger partial charge in [-0.25, -0.2) is 0 Å². The fraction of sp³-hybridized carbons (Fsp3) is 0.462. The van der Waals surface area contributed by atoms with Crippen molar-refractivity contribution in [2.45, 2.75) is 25.9 Å². The fourth-order valence-corrected chi connectivity index (χ4v) is 1.41. The molecule has 4 heteroatoms. The minimum atomic E-state index is -0.435. The summed E-state index contributed by atoms with van der Waals surface area (Å²) in [6.45, 7) is 4.63. The van der Waals surface area contributed by atoms with E-state index in [1.54, 1.807) is 31.4 Å². The molecule has 0 aliphatic carbocycles. The van der Waals surface area contributed by atoms with Crippen molar-refractivity contribution in [1.82, 2.24) is 0 Å². The molecular formula is C13H19NO3.